The monoisotopic (exact) mass is 443 g/mol. The highest BCUT2D eigenvalue weighted by Gasteiger charge is 2.28. The zero-order valence-corrected chi connectivity index (χ0v) is 18.7. The molecule has 30 heavy (non-hydrogen) atoms. The molecule has 1 aliphatic heterocycles. The molecule has 1 aromatic heterocycles. The Labute approximate surface area is 186 Å². The number of thiazole rings is 1. The van der Waals surface area contributed by atoms with E-state index in [-0.39, 0.29) is 0 Å². The standard InChI is InChI=1S/C23H26ClN3O2S/c1-2-26(11-13-29-20-5-3-4-17(14-20)9-12-28)19-8-10-27(16-19)23-25-21-7-6-18(24)15-22(21)30-23/h3-7,12,14-15,19H,2,8-11,13,16H2,1H3. The number of benzene rings is 2. The van der Waals surface area contributed by atoms with Gasteiger partial charge in [0.15, 0.2) is 5.13 Å². The molecule has 7 heteroatoms. The molecule has 3 aromatic rings. The molecule has 158 valence electrons. The van der Waals surface area contributed by atoms with Crippen molar-refractivity contribution in [2.75, 3.05) is 37.7 Å². The molecular formula is C23H26ClN3O2S. The molecule has 1 unspecified atom stereocenters. The van der Waals surface area contributed by atoms with Gasteiger partial charge in [-0.25, -0.2) is 4.98 Å². The molecule has 2 aromatic carbocycles. The van der Waals surface area contributed by atoms with E-state index >= 15 is 0 Å². The summed E-state index contributed by atoms with van der Waals surface area (Å²) in [6, 6.07) is 14.1. The SMILES string of the molecule is CCN(CCOc1cccc(CC=O)c1)C1CCN(c2nc3ccc(Cl)cc3s2)C1. The number of aldehydes is 1. The summed E-state index contributed by atoms with van der Waals surface area (Å²) in [4.78, 5) is 20.4. The number of hydrogen-bond donors (Lipinski definition) is 0. The summed E-state index contributed by atoms with van der Waals surface area (Å²) in [5, 5.41) is 1.83. The fourth-order valence-electron chi connectivity index (χ4n) is 3.97. The number of fused-ring (bicyclic) bond motifs is 1. The highest BCUT2D eigenvalue weighted by Crippen LogP contribution is 2.33. The van der Waals surface area contributed by atoms with Crippen LogP contribution in [-0.4, -0.2) is 55.0 Å². The van der Waals surface area contributed by atoms with Crippen molar-refractivity contribution >= 4 is 44.6 Å². The molecule has 0 N–H and O–H groups in total. The molecule has 0 aliphatic carbocycles. The van der Waals surface area contributed by atoms with E-state index in [9.17, 15) is 4.79 Å². The predicted octanol–water partition coefficient (Wildman–Crippen LogP) is 4.67. The molecule has 1 fully saturated rings. The van der Waals surface area contributed by atoms with Crippen LogP contribution in [0.5, 0.6) is 5.75 Å². The van der Waals surface area contributed by atoms with Crippen LogP contribution in [0.25, 0.3) is 10.2 Å². The molecule has 1 aliphatic rings. The smallest absolute Gasteiger partial charge is 0.186 e. The Kier molecular flexibility index (Phi) is 6.87. The van der Waals surface area contributed by atoms with Crippen LogP contribution in [-0.2, 0) is 11.2 Å². The van der Waals surface area contributed by atoms with E-state index < -0.39 is 0 Å². The number of nitrogens with zero attached hydrogens (tertiary/aromatic N) is 3. The van der Waals surface area contributed by atoms with Crippen LogP contribution in [0.2, 0.25) is 5.02 Å². The van der Waals surface area contributed by atoms with Crippen molar-refractivity contribution < 1.29 is 9.53 Å². The fraction of sp³-hybridized carbons (Fsp3) is 0.391. The first-order valence-electron chi connectivity index (χ1n) is 10.4. The van der Waals surface area contributed by atoms with E-state index in [1.165, 1.54) is 0 Å². The molecule has 0 bridgehead atoms. The first-order chi connectivity index (χ1) is 14.7. The van der Waals surface area contributed by atoms with Crippen LogP contribution < -0.4 is 9.64 Å². The number of likely N-dealkylation sites (N-methyl/N-ethyl adjacent to an activating group) is 1. The lowest BCUT2D eigenvalue weighted by molar-refractivity contribution is -0.107. The van der Waals surface area contributed by atoms with Gasteiger partial charge in [-0.2, -0.15) is 0 Å². The van der Waals surface area contributed by atoms with E-state index in [2.05, 4.69) is 16.7 Å². The lowest BCUT2D eigenvalue weighted by Crippen LogP contribution is -2.40. The zero-order chi connectivity index (χ0) is 20.9. The quantitative estimate of drug-likeness (QED) is 0.449. The van der Waals surface area contributed by atoms with Gasteiger partial charge in [-0.3, -0.25) is 4.90 Å². The summed E-state index contributed by atoms with van der Waals surface area (Å²) in [7, 11) is 0. The highest BCUT2D eigenvalue weighted by atomic mass is 35.5. The first kappa shape index (κ1) is 21.1. The van der Waals surface area contributed by atoms with Crippen molar-refractivity contribution in [2.24, 2.45) is 0 Å². The van der Waals surface area contributed by atoms with Crippen molar-refractivity contribution in [3.05, 3.63) is 53.1 Å². The number of hydrogen-bond acceptors (Lipinski definition) is 6. The molecule has 0 radical (unpaired) electrons. The van der Waals surface area contributed by atoms with Gasteiger partial charge in [-0.05, 0) is 48.9 Å². The third kappa shape index (κ3) is 4.94. The van der Waals surface area contributed by atoms with Crippen molar-refractivity contribution in [1.29, 1.82) is 0 Å². The minimum Gasteiger partial charge on any atom is -0.492 e. The lowest BCUT2D eigenvalue weighted by atomic mass is 10.1. The van der Waals surface area contributed by atoms with Gasteiger partial charge in [0.2, 0.25) is 0 Å². The van der Waals surface area contributed by atoms with Crippen LogP contribution in [0.4, 0.5) is 5.13 Å². The predicted molar refractivity (Wildman–Crippen MR) is 124 cm³/mol. The Bertz CT molecular complexity index is 1010. The molecule has 1 atom stereocenters. The van der Waals surface area contributed by atoms with E-state index in [4.69, 9.17) is 21.3 Å². The van der Waals surface area contributed by atoms with Crippen LogP contribution in [0.1, 0.15) is 18.9 Å². The van der Waals surface area contributed by atoms with Gasteiger partial charge in [0.25, 0.3) is 0 Å². The summed E-state index contributed by atoms with van der Waals surface area (Å²) in [6.45, 7) is 6.70. The van der Waals surface area contributed by atoms with E-state index in [1.54, 1.807) is 11.3 Å². The van der Waals surface area contributed by atoms with Crippen LogP contribution in [0.3, 0.4) is 0 Å². The maximum Gasteiger partial charge on any atom is 0.186 e. The molecule has 4 rings (SSSR count). The van der Waals surface area contributed by atoms with E-state index in [0.717, 1.165) is 70.6 Å². The van der Waals surface area contributed by atoms with Crippen molar-refractivity contribution in [1.82, 2.24) is 9.88 Å². The number of ether oxygens (including phenoxy) is 1. The maximum atomic E-state index is 10.7. The van der Waals surface area contributed by atoms with Gasteiger partial charge in [-0.1, -0.05) is 42.0 Å². The number of carbonyl (C=O) groups is 1. The Balaban J connectivity index is 1.32. The summed E-state index contributed by atoms with van der Waals surface area (Å²) < 4.78 is 7.09. The van der Waals surface area contributed by atoms with Crippen molar-refractivity contribution in [2.45, 2.75) is 25.8 Å². The Hall–Kier alpha value is -2.15. The molecule has 0 spiro atoms. The summed E-state index contributed by atoms with van der Waals surface area (Å²) in [6.07, 6.45) is 2.47. The minimum absolute atomic E-state index is 0.425. The van der Waals surface area contributed by atoms with Crippen LogP contribution in [0.15, 0.2) is 42.5 Å². The number of carbonyl (C=O) groups excluding carboxylic acids is 1. The Morgan fingerprint density at radius 2 is 2.23 bits per heavy atom. The third-order valence-electron chi connectivity index (χ3n) is 5.56. The normalized spacial score (nSPS) is 16.5. The lowest BCUT2D eigenvalue weighted by Gasteiger charge is -2.27. The summed E-state index contributed by atoms with van der Waals surface area (Å²) >= 11 is 7.83. The van der Waals surface area contributed by atoms with Crippen molar-refractivity contribution in [3.8, 4) is 5.75 Å². The molecular weight excluding hydrogens is 418 g/mol. The molecule has 0 amide bonds. The molecule has 5 nitrogen and oxygen atoms in total. The second-order valence-corrected chi connectivity index (χ2v) is 8.94. The van der Waals surface area contributed by atoms with Crippen LogP contribution >= 0.6 is 22.9 Å². The summed E-state index contributed by atoms with van der Waals surface area (Å²) in [5.74, 6) is 0.826. The fourth-order valence-corrected chi connectivity index (χ4v) is 5.25. The topological polar surface area (TPSA) is 45.7 Å². The Morgan fingerprint density at radius 3 is 3.07 bits per heavy atom. The largest absolute Gasteiger partial charge is 0.492 e. The van der Waals surface area contributed by atoms with Crippen molar-refractivity contribution in [3.63, 3.8) is 0 Å². The van der Waals surface area contributed by atoms with Gasteiger partial charge >= 0.3 is 0 Å². The van der Waals surface area contributed by atoms with Gasteiger partial charge in [0.1, 0.15) is 18.6 Å². The van der Waals surface area contributed by atoms with E-state index in [0.29, 0.717) is 19.1 Å². The first-order valence-corrected chi connectivity index (χ1v) is 11.6. The zero-order valence-electron chi connectivity index (χ0n) is 17.1. The third-order valence-corrected chi connectivity index (χ3v) is 6.87. The molecule has 1 saturated heterocycles. The van der Waals surface area contributed by atoms with Gasteiger partial charge in [-0.15, -0.1) is 0 Å². The molecule has 0 saturated carbocycles. The summed E-state index contributed by atoms with van der Waals surface area (Å²) in [5.41, 5.74) is 2.00. The second-order valence-electron chi connectivity index (χ2n) is 7.49. The average Bonchev–Trinajstić information content (AvgIpc) is 3.38. The maximum absolute atomic E-state index is 10.7. The number of anilines is 1. The van der Waals surface area contributed by atoms with Gasteiger partial charge in [0.05, 0.1) is 10.2 Å². The average molecular weight is 444 g/mol. The number of halogens is 1. The minimum atomic E-state index is 0.425. The number of aromatic nitrogens is 1. The number of rotatable bonds is 9. The second kappa shape index (κ2) is 9.77. The van der Waals surface area contributed by atoms with Gasteiger partial charge in [0, 0.05) is 37.1 Å². The molecule has 2 heterocycles. The highest BCUT2D eigenvalue weighted by molar-refractivity contribution is 7.22. The van der Waals surface area contributed by atoms with E-state index in [1.807, 2.05) is 42.5 Å². The van der Waals surface area contributed by atoms with Crippen LogP contribution in [0, 0.1) is 0 Å². The van der Waals surface area contributed by atoms with Gasteiger partial charge < -0.3 is 14.4 Å². The Morgan fingerprint density at radius 1 is 1.33 bits per heavy atom.